The van der Waals surface area contributed by atoms with Gasteiger partial charge in [-0.15, -0.1) is 8.80 Å². The number of nitrogens with one attached hydrogen (secondary N) is 2. The number of halogens is 1. The minimum absolute atomic E-state index is 0.0536. The molecule has 0 radical (unpaired) electrons. The third kappa shape index (κ3) is 4.92. The van der Waals surface area contributed by atoms with Gasteiger partial charge in [0.15, 0.2) is 17.4 Å². The summed E-state index contributed by atoms with van der Waals surface area (Å²) >= 11 is 3.29. The number of amidine groups is 2. The summed E-state index contributed by atoms with van der Waals surface area (Å²) in [6.45, 7) is 1.86. The van der Waals surface area contributed by atoms with E-state index in [2.05, 4.69) is 35.4 Å². The maximum Gasteiger partial charge on any atom is 0.367 e. The number of rotatable bonds is 6. The molecule has 0 spiro atoms. The summed E-state index contributed by atoms with van der Waals surface area (Å²) in [4.78, 5) is -0.345. The summed E-state index contributed by atoms with van der Waals surface area (Å²) < 4.78 is 63.1. The van der Waals surface area contributed by atoms with Gasteiger partial charge in [-0.1, -0.05) is 13.0 Å². The number of hydrogen-bond acceptors (Lipinski definition) is 8. The van der Waals surface area contributed by atoms with Crippen LogP contribution in [0.5, 0.6) is 5.75 Å². The molecule has 31 heavy (non-hydrogen) atoms. The van der Waals surface area contributed by atoms with Crippen molar-refractivity contribution in [2.75, 3.05) is 19.4 Å². The van der Waals surface area contributed by atoms with E-state index in [4.69, 9.17) is 4.42 Å². The van der Waals surface area contributed by atoms with Gasteiger partial charge in [0.1, 0.15) is 16.9 Å². The van der Waals surface area contributed by atoms with Crippen molar-refractivity contribution in [3.8, 4) is 5.75 Å². The second-order valence-electron chi connectivity index (χ2n) is 6.66. The first-order chi connectivity index (χ1) is 14.4. The van der Waals surface area contributed by atoms with Gasteiger partial charge < -0.3 is 20.2 Å². The van der Waals surface area contributed by atoms with Crippen LogP contribution in [0.4, 0.5) is 5.69 Å². The molecule has 0 saturated heterocycles. The highest BCUT2D eigenvalue weighted by Gasteiger charge is 2.29. The normalized spacial score (nSPS) is 16.7. The van der Waals surface area contributed by atoms with Gasteiger partial charge >= 0.3 is 10.2 Å². The van der Waals surface area contributed by atoms with Gasteiger partial charge in [0.25, 0.3) is 0 Å². The zero-order valence-corrected chi connectivity index (χ0v) is 19.9. The predicted molar refractivity (Wildman–Crippen MR) is 119 cm³/mol. The Morgan fingerprint density at radius 1 is 1.26 bits per heavy atom. The van der Waals surface area contributed by atoms with Crippen LogP contribution in [0.25, 0.3) is 0 Å². The number of para-hydroxylation sites is 1. The number of phenols is 1. The Morgan fingerprint density at radius 3 is 2.52 bits per heavy atom. The van der Waals surface area contributed by atoms with E-state index in [0.29, 0.717) is 12.2 Å². The summed E-state index contributed by atoms with van der Waals surface area (Å²) in [6.07, 6.45) is 2.03. The molecule has 0 fully saturated rings. The van der Waals surface area contributed by atoms with Crippen molar-refractivity contribution >= 4 is 53.5 Å². The molecule has 1 aliphatic rings. The first-order valence-corrected chi connectivity index (χ1v) is 12.5. The van der Waals surface area contributed by atoms with E-state index in [9.17, 15) is 21.9 Å². The highest BCUT2D eigenvalue weighted by Crippen LogP contribution is 2.33. The second-order valence-corrected chi connectivity index (χ2v) is 11.0. The van der Waals surface area contributed by atoms with E-state index in [0.717, 1.165) is 8.78 Å². The lowest BCUT2D eigenvalue weighted by Gasteiger charge is -2.18. The number of anilines is 1. The van der Waals surface area contributed by atoms with Crippen LogP contribution < -0.4 is 10.6 Å². The van der Waals surface area contributed by atoms with Gasteiger partial charge in [-0.2, -0.15) is 8.42 Å². The SMILES string of the molecule is CC[C@@H](NC1=NS(=O)(=O)N=C1Nc1cccc(S(=O)(=O)N(C)C)c1O)c1cc(Br)co1. The number of hydrogen-bond donors (Lipinski definition) is 3. The Hall–Kier alpha value is -2.42. The molecule has 14 heteroatoms. The molecule has 0 aliphatic carbocycles. The highest BCUT2D eigenvalue weighted by atomic mass is 79.9. The second kappa shape index (κ2) is 8.61. The van der Waals surface area contributed by atoms with Gasteiger partial charge in [0.2, 0.25) is 10.0 Å². The average Bonchev–Trinajstić information content (AvgIpc) is 3.23. The monoisotopic (exact) mass is 533 g/mol. The van der Waals surface area contributed by atoms with Crippen LogP contribution in [-0.4, -0.2) is 52.0 Å². The number of sulfonamides is 1. The van der Waals surface area contributed by atoms with Crippen molar-refractivity contribution in [3.63, 3.8) is 0 Å². The smallest absolute Gasteiger partial charge is 0.367 e. The quantitative estimate of drug-likeness (QED) is 0.477. The molecule has 0 saturated carbocycles. The zero-order chi connectivity index (χ0) is 23.0. The van der Waals surface area contributed by atoms with Crippen molar-refractivity contribution in [1.82, 2.24) is 9.62 Å². The standard InChI is InChI=1S/C17H20BrN5O6S2/c1-4-11(13-8-10(18)9-29-13)19-16-17(22-31(27,28)21-16)20-12-6-5-7-14(15(12)24)30(25,26)23(2)3/h5-9,11,24H,4H2,1-3H3,(H,19,21)(H,20,22)/t11-/m1/s1. The van der Waals surface area contributed by atoms with Crippen molar-refractivity contribution in [2.24, 2.45) is 8.80 Å². The molecule has 2 heterocycles. The first-order valence-electron chi connectivity index (χ1n) is 8.92. The summed E-state index contributed by atoms with van der Waals surface area (Å²) in [5.74, 6) is -0.328. The fourth-order valence-corrected chi connectivity index (χ4v) is 4.81. The fraction of sp³-hybridized carbons (Fsp3) is 0.294. The van der Waals surface area contributed by atoms with E-state index in [1.165, 1.54) is 38.6 Å². The minimum atomic E-state index is -4.16. The van der Waals surface area contributed by atoms with Crippen LogP contribution in [0.3, 0.4) is 0 Å². The lowest BCUT2D eigenvalue weighted by molar-refractivity contribution is 0.440. The van der Waals surface area contributed by atoms with E-state index >= 15 is 0 Å². The largest absolute Gasteiger partial charge is 0.504 e. The molecule has 0 unspecified atom stereocenters. The Kier molecular flexibility index (Phi) is 6.45. The molecule has 2 aromatic rings. The lowest BCUT2D eigenvalue weighted by Crippen LogP contribution is -2.36. The molecule has 0 amide bonds. The first kappa shape index (κ1) is 23.2. The van der Waals surface area contributed by atoms with Crippen molar-refractivity contribution in [1.29, 1.82) is 0 Å². The topological polar surface area (TPSA) is 154 Å². The van der Waals surface area contributed by atoms with Crippen LogP contribution in [0.1, 0.15) is 25.1 Å². The van der Waals surface area contributed by atoms with E-state index in [-0.39, 0.29) is 22.3 Å². The fourth-order valence-electron chi connectivity index (χ4n) is 2.72. The summed E-state index contributed by atoms with van der Waals surface area (Å²) in [7, 11) is -5.43. The van der Waals surface area contributed by atoms with Gasteiger partial charge in [0.05, 0.1) is 16.2 Å². The number of furan rings is 1. The van der Waals surface area contributed by atoms with E-state index in [1.807, 2.05) is 6.92 Å². The van der Waals surface area contributed by atoms with Crippen LogP contribution in [0, 0.1) is 0 Å². The van der Waals surface area contributed by atoms with Crippen LogP contribution in [0.15, 0.2) is 53.1 Å². The molecule has 1 atom stereocenters. The summed E-state index contributed by atoms with van der Waals surface area (Å²) in [5, 5.41) is 16.1. The van der Waals surface area contributed by atoms with Crippen LogP contribution in [-0.2, 0) is 20.2 Å². The van der Waals surface area contributed by atoms with Gasteiger partial charge in [-0.3, -0.25) is 0 Å². The Balaban J connectivity index is 1.93. The summed E-state index contributed by atoms with van der Waals surface area (Å²) in [5.41, 5.74) is -0.0536. The molecule has 11 nitrogen and oxygen atoms in total. The van der Waals surface area contributed by atoms with Crippen molar-refractivity contribution < 1.29 is 26.4 Å². The Morgan fingerprint density at radius 2 is 1.94 bits per heavy atom. The Labute approximate surface area is 188 Å². The predicted octanol–water partition coefficient (Wildman–Crippen LogP) is 2.21. The lowest BCUT2D eigenvalue weighted by atomic mass is 10.1. The third-order valence-electron chi connectivity index (χ3n) is 4.30. The molecule has 1 aliphatic heterocycles. The van der Waals surface area contributed by atoms with Crippen LogP contribution >= 0.6 is 15.9 Å². The van der Waals surface area contributed by atoms with Gasteiger partial charge in [0, 0.05) is 14.1 Å². The van der Waals surface area contributed by atoms with Gasteiger partial charge in [-0.05, 0) is 40.5 Å². The molecular weight excluding hydrogens is 514 g/mol. The van der Waals surface area contributed by atoms with Gasteiger partial charge in [-0.25, -0.2) is 12.7 Å². The zero-order valence-electron chi connectivity index (χ0n) is 16.7. The molecule has 3 rings (SSSR count). The van der Waals surface area contributed by atoms with Crippen LogP contribution in [0.2, 0.25) is 0 Å². The van der Waals surface area contributed by atoms with Crippen molar-refractivity contribution in [3.05, 3.63) is 40.8 Å². The van der Waals surface area contributed by atoms with Crippen molar-refractivity contribution in [2.45, 2.75) is 24.3 Å². The molecular formula is C17H20BrN5O6S2. The molecule has 1 aromatic heterocycles. The average molecular weight is 534 g/mol. The maximum atomic E-state index is 12.4. The molecule has 0 bridgehead atoms. The maximum absolute atomic E-state index is 12.4. The number of nitrogens with zero attached hydrogens (tertiary/aromatic N) is 3. The number of phenolic OH excluding ortho intramolecular Hbond substituents is 1. The Bertz CT molecular complexity index is 1270. The van der Waals surface area contributed by atoms with E-state index in [1.54, 1.807) is 6.07 Å². The molecule has 168 valence electrons. The number of aromatic hydroxyl groups is 1. The summed E-state index contributed by atoms with van der Waals surface area (Å²) in [6, 6.07) is 5.34. The van der Waals surface area contributed by atoms with E-state index < -0.39 is 32.0 Å². The molecule has 1 aromatic carbocycles. The molecule has 3 N–H and O–H groups in total. The minimum Gasteiger partial charge on any atom is -0.504 e. The third-order valence-corrected chi connectivity index (χ3v) is 7.39. The highest BCUT2D eigenvalue weighted by molar-refractivity contribution is 9.10. The number of benzene rings is 1.